The average molecular weight is 254 g/mol. The van der Waals surface area contributed by atoms with Crippen LogP contribution in [-0.2, 0) is 6.54 Å². The molecular weight excluding hydrogens is 228 g/mol. The molecule has 0 saturated heterocycles. The number of nitrogens with two attached hydrogens (primary N) is 1. The van der Waals surface area contributed by atoms with Crippen molar-refractivity contribution in [2.24, 2.45) is 17.6 Å². The van der Waals surface area contributed by atoms with E-state index >= 15 is 0 Å². The number of hydrogen-bond acceptors (Lipinski definition) is 3. The van der Waals surface area contributed by atoms with Crippen molar-refractivity contribution in [3.8, 4) is 0 Å². The third kappa shape index (κ3) is 5.19. The van der Waals surface area contributed by atoms with Crippen LogP contribution in [0.25, 0.3) is 0 Å². The fourth-order valence-electron chi connectivity index (χ4n) is 2.07. The van der Waals surface area contributed by atoms with Crippen LogP contribution in [0.2, 0.25) is 0 Å². The molecular formula is C14H26N2S. The van der Waals surface area contributed by atoms with Crippen molar-refractivity contribution in [3.05, 3.63) is 21.4 Å². The van der Waals surface area contributed by atoms with Gasteiger partial charge in [0.05, 0.1) is 0 Å². The molecule has 1 atom stereocenters. The Bertz CT molecular complexity index is 311. The first-order valence-electron chi connectivity index (χ1n) is 6.49. The highest BCUT2D eigenvalue weighted by molar-refractivity contribution is 7.12. The zero-order valence-electron chi connectivity index (χ0n) is 11.5. The van der Waals surface area contributed by atoms with Crippen LogP contribution in [0.1, 0.15) is 35.6 Å². The van der Waals surface area contributed by atoms with E-state index in [4.69, 9.17) is 5.73 Å². The van der Waals surface area contributed by atoms with Crippen LogP contribution in [0.15, 0.2) is 6.07 Å². The molecule has 1 unspecified atom stereocenters. The Morgan fingerprint density at radius 2 is 2.06 bits per heavy atom. The van der Waals surface area contributed by atoms with Gasteiger partial charge in [0.2, 0.25) is 0 Å². The summed E-state index contributed by atoms with van der Waals surface area (Å²) >= 11 is 1.89. The van der Waals surface area contributed by atoms with E-state index in [-0.39, 0.29) is 0 Å². The van der Waals surface area contributed by atoms with Gasteiger partial charge in [-0.25, -0.2) is 0 Å². The van der Waals surface area contributed by atoms with E-state index in [1.165, 1.54) is 21.7 Å². The molecule has 17 heavy (non-hydrogen) atoms. The van der Waals surface area contributed by atoms with Crippen molar-refractivity contribution in [1.82, 2.24) is 5.32 Å². The number of aryl methyl sites for hydroxylation is 2. The number of hydrogen-bond donors (Lipinski definition) is 2. The smallest absolute Gasteiger partial charge is 0.0300 e. The van der Waals surface area contributed by atoms with Crippen molar-refractivity contribution in [2.45, 2.75) is 40.7 Å². The van der Waals surface area contributed by atoms with Crippen molar-refractivity contribution in [3.63, 3.8) is 0 Å². The van der Waals surface area contributed by atoms with Gasteiger partial charge in [-0.15, -0.1) is 11.3 Å². The summed E-state index contributed by atoms with van der Waals surface area (Å²) in [5.41, 5.74) is 7.20. The van der Waals surface area contributed by atoms with E-state index < -0.39 is 0 Å². The monoisotopic (exact) mass is 254 g/mol. The van der Waals surface area contributed by atoms with Gasteiger partial charge in [0, 0.05) is 16.3 Å². The molecule has 0 aliphatic carbocycles. The first kappa shape index (κ1) is 14.7. The highest BCUT2D eigenvalue weighted by atomic mass is 32.1. The normalized spacial score (nSPS) is 13.3. The van der Waals surface area contributed by atoms with Crippen LogP contribution in [-0.4, -0.2) is 13.1 Å². The lowest BCUT2D eigenvalue weighted by Crippen LogP contribution is -2.28. The van der Waals surface area contributed by atoms with Crippen molar-refractivity contribution in [2.75, 3.05) is 13.1 Å². The van der Waals surface area contributed by atoms with Crippen LogP contribution in [0.3, 0.4) is 0 Å². The van der Waals surface area contributed by atoms with E-state index in [0.717, 1.165) is 25.6 Å². The van der Waals surface area contributed by atoms with Gasteiger partial charge in [-0.1, -0.05) is 13.8 Å². The summed E-state index contributed by atoms with van der Waals surface area (Å²) in [6.07, 6.45) is 1.21. The predicted octanol–water partition coefficient (Wildman–Crippen LogP) is 3.08. The quantitative estimate of drug-likeness (QED) is 0.785. The summed E-state index contributed by atoms with van der Waals surface area (Å²) in [6, 6.07) is 2.28. The molecule has 0 fully saturated rings. The molecule has 1 heterocycles. The van der Waals surface area contributed by atoms with Gasteiger partial charge >= 0.3 is 0 Å². The van der Waals surface area contributed by atoms with E-state index in [1.54, 1.807) is 0 Å². The molecule has 1 rings (SSSR count). The first-order valence-corrected chi connectivity index (χ1v) is 7.31. The zero-order valence-corrected chi connectivity index (χ0v) is 12.4. The van der Waals surface area contributed by atoms with Crippen LogP contribution < -0.4 is 11.1 Å². The third-order valence-electron chi connectivity index (χ3n) is 3.09. The van der Waals surface area contributed by atoms with Gasteiger partial charge in [0.25, 0.3) is 0 Å². The summed E-state index contributed by atoms with van der Waals surface area (Å²) in [7, 11) is 0. The lowest BCUT2D eigenvalue weighted by molar-refractivity contribution is 0.394. The summed E-state index contributed by atoms with van der Waals surface area (Å²) < 4.78 is 0. The number of rotatable bonds is 7. The second kappa shape index (κ2) is 7.14. The molecule has 98 valence electrons. The van der Waals surface area contributed by atoms with Gasteiger partial charge in [0.15, 0.2) is 0 Å². The Hall–Kier alpha value is -0.380. The fourth-order valence-corrected chi connectivity index (χ4v) is 3.09. The van der Waals surface area contributed by atoms with Gasteiger partial charge in [-0.3, -0.25) is 0 Å². The molecule has 0 aliphatic heterocycles. The molecule has 0 radical (unpaired) electrons. The van der Waals surface area contributed by atoms with E-state index in [2.05, 4.69) is 39.1 Å². The lowest BCUT2D eigenvalue weighted by Gasteiger charge is -2.17. The zero-order chi connectivity index (χ0) is 12.8. The van der Waals surface area contributed by atoms with E-state index in [0.29, 0.717) is 5.92 Å². The topological polar surface area (TPSA) is 38.0 Å². The Morgan fingerprint density at radius 3 is 2.53 bits per heavy atom. The third-order valence-corrected chi connectivity index (χ3v) is 4.24. The maximum absolute atomic E-state index is 5.79. The molecule has 0 bridgehead atoms. The molecule has 0 aromatic carbocycles. The molecule has 0 amide bonds. The van der Waals surface area contributed by atoms with Crippen LogP contribution in [0.5, 0.6) is 0 Å². The minimum absolute atomic E-state index is 0.608. The molecule has 0 spiro atoms. The highest BCUT2D eigenvalue weighted by Gasteiger charge is 2.09. The van der Waals surface area contributed by atoms with Gasteiger partial charge in [0.1, 0.15) is 0 Å². The molecule has 3 heteroatoms. The minimum Gasteiger partial charge on any atom is -0.330 e. The van der Waals surface area contributed by atoms with Crippen molar-refractivity contribution in [1.29, 1.82) is 0 Å². The number of thiophene rings is 1. The predicted molar refractivity (Wildman–Crippen MR) is 77.5 cm³/mol. The van der Waals surface area contributed by atoms with Gasteiger partial charge in [-0.05, 0) is 56.8 Å². The van der Waals surface area contributed by atoms with Crippen LogP contribution in [0.4, 0.5) is 0 Å². The Morgan fingerprint density at radius 1 is 1.35 bits per heavy atom. The SMILES string of the molecule is Cc1cc(CNCC(CN)CC(C)C)sc1C. The van der Waals surface area contributed by atoms with Crippen LogP contribution in [0, 0.1) is 25.7 Å². The standard InChI is InChI=1S/C14H26N2S/c1-10(2)5-13(7-15)8-16-9-14-6-11(3)12(4)17-14/h6,10,13,16H,5,7-9,15H2,1-4H3. The lowest BCUT2D eigenvalue weighted by atomic mass is 9.97. The Kier molecular flexibility index (Phi) is 6.17. The molecule has 0 aliphatic rings. The van der Waals surface area contributed by atoms with E-state index in [9.17, 15) is 0 Å². The number of nitrogens with one attached hydrogen (secondary N) is 1. The summed E-state index contributed by atoms with van der Waals surface area (Å²) in [4.78, 5) is 2.86. The van der Waals surface area contributed by atoms with Gasteiger partial charge < -0.3 is 11.1 Å². The molecule has 1 aromatic heterocycles. The second-order valence-corrected chi connectivity index (χ2v) is 6.65. The average Bonchev–Trinajstić information content (AvgIpc) is 2.56. The molecule has 1 aromatic rings. The first-order chi connectivity index (χ1) is 8.02. The summed E-state index contributed by atoms with van der Waals surface area (Å²) in [5.74, 6) is 1.34. The second-order valence-electron chi connectivity index (χ2n) is 5.31. The van der Waals surface area contributed by atoms with Gasteiger partial charge in [-0.2, -0.15) is 0 Å². The largest absolute Gasteiger partial charge is 0.330 e. The molecule has 0 saturated carbocycles. The summed E-state index contributed by atoms with van der Waals surface area (Å²) in [5, 5.41) is 3.53. The fraction of sp³-hybridized carbons (Fsp3) is 0.714. The Balaban J connectivity index is 2.31. The van der Waals surface area contributed by atoms with E-state index in [1.807, 2.05) is 11.3 Å². The molecule has 2 nitrogen and oxygen atoms in total. The Labute approximate surface area is 110 Å². The summed E-state index contributed by atoms with van der Waals surface area (Å²) in [6.45, 7) is 11.7. The molecule has 3 N–H and O–H groups in total. The van der Waals surface area contributed by atoms with Crippen molar-refractivity contribution >= 4 is 11.3 Å². The van der Waals surface area contributed by atoms with Crippen LogP contribution >= 0.6 is 11.3 Å². The highest BCUT2D eigenvalue weighted by Crippen LogP contribution is 2.20. The maximum atomic E-state index is 5.79. The minimum atomic E-state index is 0.608. The maximum Gasteiger partial charge on any atom is 0.0300 e. The van der Waals surface area contributed by atoms with Crippen molar-refractivity contribution < 1.29 is 0 Å².